The van der Waals surface area contributed by atoms with Gasteiger partial charge in [-0.05, 0) is 6.07 Å². The predicted molar refractivity (Wildman–Crippen MR) is 38.5 cm³/mol. The van der Waals surface area contributed by atoms with Crippen LogP contribution in [0.15, 0.2) is 18.5 Å². The van der Waals surface area contributed by atoms with Gasteiger partial charge in [-0.15, -0.1) is 0 Å². The molecular formula is C8H6F2N2. The molecule has 12 heavy (non-hydrogen) atoms. The Morgan fingerprint density at radius 1 is 1.50 bits per heavy atom. The van der Waals surface area contributed by atoms with Crippen molar-refractivity contribution < 1.29 is 8.78 Å². The van der Waals surface area contributed by atoms with Crippen LogP contribution in [-0.4, -0.2) is 4.98 Å². The van der Waals surface area contributed by atoms with E-state index in [4.69, 9.17) is 5.26 Å². The van der Waals surface area contributed by atoms with Crippen LogP contribution in [0, 0.1) is 11.3 Å². The third-order valence-electron chi connectivity index (χ3n) is 1.37. The number of nitrogens with zero attached hydrogens (tertiary/aromatic N) is 2. The van der Waals surface area contributed by atoms with E-state index in [1.807, 2.05) is 0 Å². The minimum Gasteiger partial charge on any atom is -0.263 e. The van der Waals surface area contributed by atoms with Crippen LogP contribution in [0.5, 0.6) is 0 Å². The number of pyridine rings is 1. The number of nitriles is 1. The van der Waals surface area contributed by atoms with Crippen LogP contribution in [0.4, 0.5) is 8.78 Å². The molecule has 0 N–H and O–H groups in total. The molecule has 0 aromatic carbocycles. The molecule has 1 aromatic rings. The number of halogens is 2. The standard InChI is InChI=1S/C8H6F2N2/c1-8(9,10)7-2-6(3-11)4-12-5-7/h2,4-5H,1H3. The largest absolute Gasteiger partial charge is 0.272 e. The first-order valence-electron chi connectivity index (χ1n) is 3.27. The van der Waals surface area contributed by atoms with Crippen molar-refractivity contribution in [1.82, 2.24) is 4.98 Å². The highest BCUT2D eigenvalue weighted by Crippen LogP contribution is 2.26. The van der Waals surface area contributed by atoms with Gasteiger partial charge in [0.25, 0.3) is 5.92 Å². The molecule has 4 heteroatoms. The van der Waals surface area contributed by atoms with E-state index in [1.165, 1.54) is 6.20 Å². The van der Waals surface area contributed by atoms with Crippen molar-refractivity contribution in [2.75, 3.05) is 0 Å². The third kappa shape index (κ3) is 1.76. The lowest BCUT2D eigenvalue weighted by Gasteiger charge is -2.08. The molecule has 0 fully saturated rings. The second kappa shape index (κ2) is 2.86. The molecule has 0 atom stereocenters. The van der Waals surface area contributed by atoms with Crippen LogP contribution in [-0.2, 0) is 5.92 Å². The highest BCUT2D eigenvalue weighted by molar-refractivity contribution is 5.30. The number of aromatic nitrogens is 1. The zero-order valence-corrected chi connectivity index (χ0v) is 6.38. The number of alkyl halides is 2. The summed E-state index contributed by atoms with van der Waals surface area (Å²) in [5.41, 5.74) is -0.0874. The Morgan fingerprint density at radius 2 is 2.17 bits per heavy atom. The second-order valence-electron chi connectivity index (χ2n) is 2.46. The van der Waals surface area contributed by atoms with Crippen molar-refractivity contribution in [3.05, 3.63) is 29.6 Å². The van der Waals surface area contributed by atoms with Crippen molar-refractivity contribution in [3.63, 3.8) is 0 Å². The van der Waals surface area contributed by atoms with Gasteiger partial charge >= 0.3 is 0 Å². The highest BCUT2D eigenvalue weighted by Gasteiger charge is 2.24. The number of hydrogen-bond acceptors (Lipinski definition) is 2. The van der Waals surface area contributed by atoms with Crippen LogP contribution in [0.2, 0.25) is 0 Å². The predicted octanol–water partition coefficient (Wildman–Crippen LogP) is 2.06. The molecule has 0 aliphatic heterocycles. The Morgan fingerprint density at radius 3 is 2.67 bits per heavy atom. The van der Waals surface area contributed by atoms with Gasteiger partial charge in [0.1, 0.15) is 6.07 Å². The summed E-state index contributed by atoms with van der Waals surface area (Å²) in [6, 6.07) is 2.88. The fourth-order valence-corrected chi connectivity index (χ4v) is 0.741. The summed E-state index contributed by atoms with van der Waals surface area (Å²) in [6.45, 7) is 0.769. The van der Waals surface area contributed by atoms with Gasteiger partial charge in [-0.1, -0.05) is 0 Å². The van der Waals surface area contributed by atoms with E-state index in [0.29, 0.717) is 0 Å². The summed E-state index contributed by atoms with van der Waals surface area (Å²) in [5.74, 6) is -2.93. The smallest absolute Gasteiger partial charge is 0.263 e. The molecule has 0 saturated carbocycles. The molecule has 0 radical (unpaired) electrons. The first kappa shape index (κ1) is 8.60. The molecule has 2 nitrogen and oxygen atoms in total. The van der Waals surface area contributed by atoms with Gasteiger partial charge in [0.05, 0.1) is 5.56 Å². The van der Waals surface area contributed by atoms with Crippen molar-refractivity contribution >= 4 is 0 Å². The molecule has 1 aromatic heterocycles. The van der Waals surface area contributed by atoms with Gasteiger partial charge in [-0.3, -0.25) is 4.98 Å². The molecular weight excluding hydrogens is 162 g/mol. The van der Waals surface area contributed by atoms with E-state index in [1.54, 1.807) is 6.07 Å². The zero-order chi connectivity index (χ0) is 9.19. The summed E-state index contributed by atoms with van der Waals surface area (Å²) in [4.78, 5) is 3.52. The number of rotatable bonds is 1. The van der Waals surface area contributed by atoms with Crippen LogP contribution >= 0.6 is 0 Å². The normalized spacial score (nSPS) is 10.8. The summed E-state index contributed by atoms with van der Waals surface area (Å²) in [7, 11) is 0. The maximum Gasteiger partial charge on any atom is 0.272 e. The van der Waals surface area contributed by atoms with Crippen molar-refractivity contribution in [1.29, 1.82) is 5.26 Å². The Kier molecular flexibility index (Phi) is 2.05. The Hall–Kier alpha value is -1.50. The molecule has 0 spiro atoms. The molecule has 0 unspecified atom stereocenters. The Labute approximate surface area is 68.5 Å². The van der Waals surface area contributed by atoms with Gasteiger partial charge in [0, 0.05) is 24.9 Å². The molecule has 0 saturated heterocycles. The third-order valence-corrected chi connectivity index (χ3v) is 1.37. The average molecular weight is 168 g/mol. The molecule has 0 bridgehead atoms. The topological polar surface area (TPSA) is 36.7 Å². The minimum absolute atomic E-state index is 0.147. The second-order valence-corrected chi connectivity index (χ2v) is 2.46. The zero-order valence-electron chi connectivity index (χ0n) is 6.38. The lowest BCUT2D eigenvalue weighted by Crippen LogP contribution is -2.07. The average Bonchev–Trinajstić information content (AvgIpc) is 2.03. The van der Waals surface area contributed by atoms with E-state index in [9.17, 15) is 8.78 Å². The quantitative estimate of drug-likeness (QED) is 0.643. The maximum atomic E-state index is 12.6. The monoisotopic (exact) mass is 168 g/mol. The van der Waals surface area contributed by atoms with E-state index in [-0.39, 0.29) is 11.1 Å². The molecule has 1 rings (SSSR count). The SMILES string of the molecule is CC(F)(F)c1cncc(C#N)c1. The molecule has 1 heterocycles. The Balaban J connectivity index is 3.13. The lowest BCUT2D eigenvalue weighted by atomic mass is 10.1. The molecule has 0 amide bonds. The van der Waals surface area contributed by atoms with Crippen LogP contribution in [0.1, 0.15) is 18.1 Å². The lowest BCUT2D eigenvalue weighted by molar-refractivity contribution is 0.0171. The molecule has 0 aliphatic rings. The van der Waals surface area contributed by atoms with Crippen molar-refractivity contribution in [2.24, 2.45) is 0 Å². The fraction of sp³-hybridized carbons (Fsp3) is 0.250. The minimum atomic E-state index is -2.93. The van der Waals surface area contributed by atoms with Crippen LogP contribution in [0.25, 0.3) is 0 Å². The Bertz CT molecular complexity index is 323. The van der Waals surface area contributed by atoms with E-state index >= 15 is 0 Å². The first-order chi connectivity index (χ1) is 5.54. The van der Waals surface area contributed by atoms with Gasteiger partial charge in [-0.25, -0.2) is 8.78 Å². The number of hydrogen-bond donors (Lipinski definition) is 0. The van der Waals surface area contributed by atoms with Gasteiger partial charge in [0.2, 0.25) is 0 Å². The van der Waals surface area contributed by atoms with E-state index in [2.05, 4.69) is 4.98 Å². The maximum absolute atomic E-state index is 12.6. The van der Waals surface area contributed by atoms with E-state index < -0.39 is 5.92 Å². The van der Waals surface area contributed by atoms with Gasteiger partial charge in [-0.2, -0.15) is 5.26 Å². The first-order valence-corrected chi connectivity index (χ1v) is 3.27. The molecule has 0 aliphatic carbocycles. The molecule has 62 valence electrons. The summed E-state index contributed by atoms with van der Waals surface area (Å²) in [5, 5.41) is 8.39. The summed E-state index contributed by atoms with van der Waals surface area (Å²) >= 11 is 0. The fourth-order valence-electron chi connectivity index (χ4n) is 0.741. The van der Waals surface area contributed by atoms with Crippen molar-refractivity contribution in [2.45, 2.75) is 12.8 Å². The van der Waals surface area contributed by atoms with Crippen LogP contribution in [0.3, 0.4) is 0 Å². The van der Waals surface area contributed by atoms with Crippen molar-refractivity contribution in [3.8, 4) is 6.07 Å². The van der Waals surface area contributed by atoms with Crippen LogP contribution < -0.4 is 0 Å². The van der Waals surface area contributed by atoms with E-state index in [0.717, 1.165) is 19.2 Å². The van der Waals surface area contributed by atoms with Gasteiger partial charge in [0.15, 0.2) is 0 Å². The summed E-state index contributed by atoms with van der Waals surface area (Å²) < 4.78 is 25.2. The summed E-state index contributed by atoms with van der Waals surface area (Å²) in [6.07, 6.45) is 2.30. The van der Waals surface area contributed by atoms with Gasteiger partial charge < -0.3 is 0 Å². The highest BCUT2D eigenvalue weighted by atomic mass is 19.3.